The van der Waals surface area contributed by atoms with Crippen LogP contribution in [0.3, 0.4) is 0 Å². The minimum absolute atomic E-state index is 0.0394. The van der Waals surface area contributed by atoms with Crippen molar-refractivity contribution in [2.24, 2.45) is 17.8 Å². The molecule has 1 aliphatic carbocycles. The van der Waals surface area contributed by atoms with Crippen LogP contribution >= 0.6 is 0 Å². The van der Waals surface area contributed by atoms with Gasteiger partial charge in [0, 0.05) is 0 Å². The molecule has 0 aliphatic heterocycles. The van der Waals surface area contributed by atoms with E-state index in [4.69, 9.17) is 0 Å². The van der Waals surface area contributed by atoms with Crippen LogP contribution in [-0.2, 0) is 9.53 Å². The second-order valence-corrected chi connectivity index (χ2v) is 5.27. The van der Waals surface area contributed by atoms with Crippen molar-refractivity contribution in [3.8, 4) is 0 Å². The number of alkyl halides is 3. The lowest BCUT2D eigenvalue weighted by Gasteiger charge is -2.36. The van der Waals surface area contributed by atoms with Crippen LogP contribution in [0.25, 0.3) is 0 Å². The minimum Gasteiger partial charge on any atom is -0.455 e. The summed E-state index contributed by atoms with van der Waals surface area (Å²) in [5.74, 6) is -1.47. The Labute approximate surface area is 99.5 Å². The molecule has 0 spiro atoms. The lowest BCUT2D eigenvalue weighted by atomic mass is 9.75. The molecule has 5 heteroatoms. The fourth-order valence-corrected chi connectivity index (χ4v) is 2.45. The molecule has 0 aromatic carbocycles. The molecule has 0 saturated heterocycles. The van der Waals surface area contributed by atoms with Crippen LogP contribution in [0.5, 0.6) is 0 Å². The second kappa shape index (κ2) is 5.27. The van der Waals surface area contributed by atoms with Crippen molar-refractivity contribution >= 4 is 5.97 Å². The van der Waals surface area contributed by atoms with Crippen LogP contribution in [0.1, 0.15) is 40.0 Å². The quantitative estimate of drug-likeness (QED) is 0.702. The molecule has 0 aromatic rings. The van der Waals surface area contributed by atoms with Gasteiger partial charge in [0.15, 0.2) is 0 Å². The summed E-state index contributed by atoms with van der Waals surface area (Å²) in [7, 11) is 0. The Hall–Kier alpha value is -0.740. The predicted molar refractivity (Wildman–Crippen MR) is 57.3 cm³/mol. The summed E-state index contributed by atoms with van der Waals surface area (Å²) in [6.45, 7) is 5.88. The fraction of sp³-hybridized carbons (Fsp3) is 0.917. The number of halogens is 3. The van der Waals surface area contributed by atoms with E-state index in [0.717, 1.165) is 12.8 Å². The number of rotatable bonds is 2. The molecule has 17 heavy (non-hydrogen) atoms. The molecule has 1 rings (SSSR count). The molecule has 2 nitrogen and oxygen atoms in total. The standard InChI is InChI=1S/C12H19F3O2/c1-7(2)9-5-4-8(3)6-10(9)17-11(16)12(13,14)15/h7-10H,4-6H2,1-3H3/t8-,9-,10+/m0/s1. The maximum atomic E-state index is 12.2. The van der Waals surface area contributed by atoms with Crippen molar-refractivity contribution in [3.63, 3.8) is 0 Å². The van der Waals surface area contributed by atoms with Gasteiger partial charge in [-0.3, -0.25) is 0 Å². The number of carbonyl (C=O) groups excluding carboxylic acids is 1. The van der Waals surface area contributed by atoms with Gasteiger partial charge in [-0.1, -0.05) is 27.2 Å². The summed E-state index contributed by atoms with van der Waals surface area (Å²) in [6, 6.07) is 0. The average Bonchev–Trinajstić information content (AvgIpc) is 2.15. The van der Waals surface area contributed by atoms with Crippen molar-refractivity contribution in [1.29, 1.82) is 0 Å². The Bertz CT molecular complexity index is 273. The van der Waals surface area contributed by atoms with E-state index in [1.165, 1.54) is 0 Å². The maximum Gasteiger partial charge on any atom is 0.490 e. The van der Waals surface area contributed by atoms with E-state index in [1.54, 1.807) is 0 Å². The Balaban J connectivity index is 2.67. The molecule has 1 aliphatic rings. The van der Waals surface area contributed by atoms with Gasteiger partial charge in [-0.05, 0) is 30.6 Å². The minimum atomic E-state index is -4.89. The van der Waals surface area contributed by atoms with E-state index in [1.807, 2.05) is 20.8 Å². The maximum absolute atomic E-state index is 12.2. The van der Waals surface area contributed by atoms with E-state index < -0.39 is 18.2 Å². The van der Waals surface area contributed by atoms with E-state index in [-0.39, 0.29) is 11.8 Å². The van der Waals surface area contributed by atoms with Crippen molar-refractivity contribution in [2.75, 3.05) is 0 Å². The van der Waals surface area contributed by atoms with Gasteiger partial charge in [0.2, 0.25) is 0 Å². The molecular formula is C12H19F3O2. The summed E-state index contributed by atoms with van der Waals surface area (Å²) < 4.78 is 41.1. The third kappa shape index (κ3) is 3.89. The summed E-state index contributed by atoms with van der Waals surface area (Å²) in [5, 5.41) is 0. The summed E-state index contributed by atoms with van der Waals surface area (Å²) in [4.78, 5) is 10.9. The number of carbonyl (C=O) groups is 1. The fourth-order valence-electron chi connectivity index (χ4n) is 2.45. The highest BCUT2D eigenvalue weighted by Crippen LogP contribution is 2.36. The number of hydrogen-bond donors (Lipinski definition) is 0. The largest absolute Gasteiger partial charge is 0.490 e. The van der Waals surface area contributed by atoms with Crippen LogP contribution in [0, 0.1) is 17.8 Å². The highest BCUT2D eigenvalue weighted by Gasteiger charge is 2.44. The molecule has 1 saturated carbocycles. The van der Waals surface area contributed by atoms with Crippen molar-refractivity contribution in [2.45, 2.75) is 52.3 Å². The first-order valence-electron chi connectivity index (χ1n) is 5.99. The van der Waals surface area contributed by atoms with Gasteiger partial charge in [0.05, 0.1) is 0 Å². The molecule has 0 amide bonds. The molecule has 0 N–H and O–H groups in total. The lowest BCUT2D eigenvalue weighted by Crippen LogP contribution is -2.39. The van der Waals surface area contributed by atoms with Gasteiger partial charge in [-0.15, -0.1) is 0 Å². The van der Waals surface area contributed by atoms with Crippen LogP contribution in [-0.4, -0.2) is 18.2 Å². The molecule has 100 valence electrons. The van der Waals surface area contributed by atoms with Gasteiger partial charge >= 0.3 is 12.1 Å². The molecule has 0 unspecified atom stereocenters. The zero-order valence-electron chi connectivity index (χ0n) is 10.4. The van der Waals surface area contributed by atoms with Crippen molar-refractivity contribution in [3.05, 3.63) is 0 Å². The highest BCUT2D eigenvalue weighted by molar-refractivity contribution is 5.75. The molecule has 0 radical (unpaired) electrons. The molecule has 1 fully saturated rings. The van der Waals surface area contributed by atoms with Gasteiger partial charge in [0.1, 0.15) is 6.10 Å². The Morgan fingerprint density at radius 3 is 2.35 bits per heavy atom. The Morgan fingerprint density at radius 1 is 1.29 bits per heavy atom. The number of esters is 1. The summed E-state index contributed by atoms with van der Waals surface area (Å²) >= 11 is 0. The zero-order valence-corrected chi connectivity index (χ0v) is 10.4. The molecule has 0 aromatic heterocycles. The molecule has 0 bridgehead atoms. The third-order valence-electron chi connectivity index (χ3n) is 3.45. The third-order valence-corrected chi connectivity index (χ3v) is 3.45. The van der Waals surface area contributed by atoms with Crippen molar-refractivity contribution < 1.29 is 22.7 Å². The first-order valence-corrected chi connectivity index (χ1v) is 5.99. The van der Waals surface area contributed by atoms with Crippen molar-refractivity contribution in [1.82, 2.24) is 0 Å². The normalized spacial score (nSPS) is 30.4. The first kappa shape index (κ1) is 14.3. The van der Waals surface area contributed by atoms with Crippen LogP contribution < -0.4 is 0 Å². The smallest absolute Gasteiger partial charge is 0.455 e. The van der Waals surface area contributed by atoms with Gasteiger partial charge in [-0.25, -0.2) is 4.79 Å². The Kier molecular flexibility index (Phi) is 4.44. The monoisotopic (exact) mass is 252 g/mol. The first-order chi connectivity index (χ1) is 7.71. The Morgan fingerprint density at radius 2 is 1.88 bits per heavy atom. The van der Waals surface area contributed by atoms with Crippen LogP contribution in [0.4, 0.5) is 13.2 Å². The highest BCUT2D eigenvalue weighted by atomic mass is 19.4. The summed E-state index contributed by atoms with van der Waals surface area (Å²) in [6.07, 6.45) is -3.13. The van der Waals surface area contributed by atoms with E-state index in [9.17, 15) is 18.0 Å². The molecular weight excluding hydrogens is 233 g/mol. The van der Waals surface area contributed by atoms with Gasteiger partial charge < -0.3 is 4.74 Å². The predicted octanol–water partition coefficient (Wildman–Crippen LogP) is 3.55. The van der Waals surface area contributed by atoms with Gasteiger partial charge in [-0.2, -0.15) is 13.2 Å². The van der Waals surface area contributed by atoms with Crippen LogP contribution in [0.15, 0.2) is 0 Å². The summed E-state index contributed by atoms with van der Waals surface area (Å²) in [5.41, 5.74) is 0. The van der Waals surface area contributed by atoms with Crippen LogP contribution in [0.2, 0.25) is 0 Å². The van der Waals surface area contributed by atoms with Gasteiger partial charge in [0.25, 0.3) is 0 Å². The van der Waals surface area contributed by atoms with E-state index in [2.05, 4.69) is 4.74 Å². The topological polar surface area (TPSA) is 26.3 Å². The van der Waals surface area contributed by atoms with E-state index >= 15 is 0 Å². The number of ether oxygens (including phenoxy) is 1. The average molecular weight is 252 g/mol. The second-order valence-electron chi connectivity index (χ2n) is 5.27. The zero-order chi connectivity index (χ0) is 13.2. The number of hydrogen-bond acceptors (Lipinski definition) is 2. The lowest BCUT2D eigenvalue weighted by molar-refractivity contribution is -0.210. The molecule has 0 heterocycles. The van der Waals surface area contributed by atoms with E-state index in [0.29, 0.717) is 12.3 Å². The SMILES string of the molecule is CC(C)[C@@H]1CC[C@H](C)C[C@H]1OC(=O)C(F)(F)F. The molecule has 3 atom stereocenters.